The fourth-order valence-corrected chi connectivity index (χ4v) is 2.90. The molecule has 0 aliphatic carbocycles. The van der Waals surface area contributed by atoms with Gasteiger partial charge in [-0.1, -0.05) is 0 Å². The van der Waals surface area contributed by atoms with E-state index in [4.69, 9.17) is 4.74 Å². The van der Waals surface area contributed by atoms with E-state index in [2.05, 4.69) is 32.4 Å². The van der Waals surface area contributed by atoms with Crippen molar-refractivity contribution in [1.29, 1.82) is 0 Å². The maximum Gasteiger partial charge on any atom is 0.219 e. The Labute approximate surface area is 126 Å². The van der Waals surface area contributed by atoms with Crippen LogP contribution in [0.1, 0.15) is 24.1 Å². The van der Waals surface area contributed by atoms with E-state index in [1.165, 1.54) is 0 Å². The highest BCUT2D eigenvalue weighted by molar-refractivity contribution is 5.28. The molecule has 0 unspecified atom stereocenters. The number of nitrogens with one attached hydrogen (secondary N) is 2. The molecule has 2 aliphatic rings. The lowest BCUT2D eigenvalue weighted by Crippen LogP contribution is -2.43. The summed E-state index contributed by atoms with van der Waals surface area (Å²) >= 11 is 0. The lowest BCUT2D eigenvalue weighted by Gasteiger charge is -2.28. The van der Waals surface area contributed by atoms with Gasteiger partial charge in [0.05, 0.1) is 5.69 Å². The Morgan fingerprint density at radius 3 is 2.62 bits per heavy atom. The van der Waals surface area contributed by atoms with Crippen LogP contribution in [0.3, 0.4) is 0 Å². The standard InChI is InChI=1S/C15H25N5O/c1-12-14(10-20-8-6-17-7-9-20)18-11-19-15(12)21-13-2-4-16-5-3-13/h11,13,16-17H,2-10H2,1H3. The van der Waals surface area contributed by atoms with Crippen LogP contribution in [0.2, 0.25) is 0 Å². The first-order valence-electron chi connectivity index (χ1n) is 7.94. The topological polar surface area (TPSA) is 62.3 Å². The van der Waals surface area contributed by atoms with Crippen molar-refractivity contribution in [2.75, 3.05) is 39.3 Å². The van der Waals surface area contributed by atoms with E-state index in [1.807, 2.05) is 0 Å². The zero-order chi connectivity index (χ0) is 14.5. The third-order valence-corrected chi connectivity index (χ3v) is 4.29. The van der Waals surface area contributed by atoms with Gasteiger partial charge >= 0.3 is 0 Å². The maximum absolute atomic E-state index is 6.09. The van der Waals surface area contributed by atoms with Crippen molar-refractivity contribution in [3.63, 3.8) is 0 Å². The Balaban J connectivity index is 1.65. The number of hydrogen-bond acceptors (Lipinski definition) is 6. The van der Waals surface area contributed by atoms with Crippen molar-refractivity contribution in [2.45, 2.75) is 32.4 Å². The van der Waals surface area contributed by atoms with Gasteiger partial charge in [0, 0.05) is 38.3 Å². The van der Waals surface area contributed by atoms with Gasteiger partial charge in [0.1, 0.15) is 12.4 Å². The summed E-state index contributed by atoms with van der Waals surface area (Å²) in [6.07, 6.45) is 4.03. The second-order valence-electron chi connectivity index (χ2n) is 5.84. The van der Waals surface area contributed by atoms with Gasteiger partial charge < -0.3 is 15.4 Å². The van der Waals surface area contributed by atoms with Crippen molar-refractivity contribution < 1.29 is 4.74 Å². The molecular weight excluding hydrogens is 266 g/mol. The molecule has 0 amide bonds. The van der Waals surface area contributed by atoms with E-state index in [1.54, 1.807) is 6.33 Å². The summed E-state index contributed by atoms with van der Waals surface area (Å²) < 4.78 is 6.09. The summed E-state index contributed by atoms with van der Waals surface area (Å²) in [7, 11) is 0. The molecule has 0 aromatic carbocycles. The van der Waals surface area contributed by atoms with Crippen LogP contribution in [0.4, 0.5) is 0 Å². The summed E-state index contributed by atoms with van der Waals surface area (Å²) in [6.45, 7) is 9.30. The molecule has 0 atom stereocenters. The largest absolute Gasteiger partial charge is 0.474 e. The number of piperazine rings is 1. The summed E-state index contributed by atoms with van der Waals surface area (Å²) in [5.41, 5.74) is 2.19. The van der Waals surface area contributed by atoms with Gasteiger partial charge in [-0.2, -0.15) is 0 Å². The van der Waals surface area contributed by atoms with Gasteiger partial charge in [-0.15, -0.1) is 0 Å². The van der Waals surface area contributed by atoms with E-state index >= 15 is 0 Å². The first-order valence-corrected chi connectivity index (χ1v) is 7.94. The van der Waals surface area contributed by atoms with Crippen molar-refractivity contribution in [1.82, 2.24) is 25.5 Å². The van der Waals surface area contributed by atoms with Crippen LogP contribution in [0.5, 0.6) is 5.88 Å². The molecule has 0 saturated carbocycles. The summed E-state index contributed by atoms with van der Waals surface area (Å²) in [6, 6.07) is 0. The Kier molecular flexibility index (Phi) is 5.00. The smallest absolute Gasteiger partial charge is 0.219 e. The van der Waals surface area contributed by atoms with Crippen LogP contribution in [-0.4, -0.2) is 60.2 Å². The van der Waals surface area contributed by atoms with Gasteiger partial charge in [-0.25, -0.2) is 9.97 Å². The summed E-state index contributed by atoms with van der Waals surface area (Å²) in [5.74, 6) is 0.766. The van der Waals surface area contributed by atoms with E-state index < -0.39 is 0 Å². The number of nitrogens with zero attached hydrogens (tertiary/aromatic N) is 3. The molecule has 1 aromatic rings. The van der Waals surface area contributed by atoms with E-state index in [0.29, 0.717) is 0 Å². The molecule has 2 aliphatic heterocycles. The Morgan fingerprint density at radius 2 is 1.86 bits per heavy atom. The lowest BCUT2D eigenvalue weighted by molar-refractivity contribution is 0.153. The van der Waals surface area contributed by atoms with Crippen LogP contribution in [0.25, 0.3) is 0 Å². The Morgan fingerprint density at radius 1 is 1.14 bits per heavy atom. The van der Waals surface area contributed by atoms with Gasteiger partial charge in [0.25, 0.3) is 0 Å². The van der Waals surface area contributed by atoms with Gasteiger partial charge in [-0.3, -0.25) is 4.90 Å². The van der Waals surface area contributed by atoms with Crippen LogP contribution in [0.15, 0.2) is 6.33 Å². The molecule has 0 spiro atoms. The quantitative estimate of drug-likeness (QED) is 0.833. The monoisotopic (exact) mass is 291 g/mol. The molecule has 0 bridgehead atoms. The van der Waals surface area contributed by atoms with Gasteiger partial charge in [-0.05, 0) is 32.9 Å². The Hall–Kier alpha value is -1.24. The third kappa shape index (κ3) is 3.90. The molecule has 21 heavy (non-hydrogen) atoms. The summed E-state index contributed by atoms with van der Waals surface area (Å²) in [5, 5.41) is 6.73. The average Bonchev–Trinajstić information content (AvgIpc) is 2.53. The molecule has 3 heterocycles. The second-order valence-corrected chi connectivity index (χ2v) is 5.84. The number of aromatic nitrogens is 2. The van der Waals surface area contributed by atoms with Gasteiger partial charge in [0.2, 0.25) is 5.88 Å². The molecule has 2 saturated heterocycles. The van der Waals surface area contributed by atoms with Crippen molar-refractivity contribution in [2.24, 2.45) is 0 Å². The molecular formula is C15H25N5O. The number of hydrogen-bond donors (Lipinski definition) is 2. The van der Waals surface area contributed by atoms with Gasteiger partial charge in [0.15, 0.2) is 0 Å². The third-order valence-electron chi connectivity index (χ3n) is 4.29. The van der Waals surface area contributed by atoms with Crippen LogP contribution < -0.4 is 15.4 Å². The molecule has 6 nitrogen and oxygen atoms in total. The first kappa shape index (κ1) is 14.7. The van der Waals surface area contributed by atoms with E-state index in [0.717, 1.165) is 75.8 Å². The zero-order valence-corrected chi connectivity index (χ0v) is 12.8. The zero-order valence-electron chi connectivity index (χ0n) is 12.8. The fraction of sp³-hybridized carbons (Fsp3) is 0.733. The highest BCUT2D eigenvalue weighted by Crippen LogP contribution is 2.21. The maximum atomic E-state index is 6.09. The predicted molar refractivity (Wildman–Crippen MR) is 81.4 cm³/mol. The molecule has 1 aromatic heterocycles. The van der Waals surface area contributed by atoms with Crippen molar-refractivity contribution >= 4 is 0 Å². The highest BCUT2D eigenvalue weighted by atomic mass is 16.5. The van der Waals surface area contributed by atoms with Crippen LogP contribution >= 0.6 is 0 Å². The van der Waals surface area contributed by atoms with Crippen LogP contribution in [0, 0.1) is 6.92 Å². The average molecular weight is 291 g/mol. The molecule has 2 N–H and O–H groups in total. The number of ether oxygens (including phenoxy) is 1. The molecule has 3 rings (SSSR count). The number of rotatable bonds is 4. The van der Waals surface area contributed by atoms with E-state index in [9.17, 15) is 0 Å². The van der Waals surface area contributed by atoms with E-state index in [-0.39, 0.29) is 6.10 Å². The SMILES string of the molecule is Cc1c(CN2CCNCC2)ncnc1OC1CCNCC1. The molecule has 6 heteroatoms. The van der Waals surface area contributed by atoms with Crippen molar-refractivity contribution in [3.8, 4) is 5.88 Å². The Bertz CT molecular complexity index is 417. The molecule has 116 valence electrons. The minimum absolute atomic E-state index is 0.284. The normalized spacial score (nSPS) is 21.4. The summed E-state index contributed by atoms with van der Waals surface area (Å²) in [4.78, 5) is 11.2. The molecule has 2 fully saturated rings. The fourth-order valence-electron chi connectivity index (χ4n) is 2.90. The second kappa shape index (κ2) is 7.15. The first-order chi connectivity index (χ1) is 10.3. The molecule has 0 radical (unpaired) electrons. The number of piperidine rings is 1. The predicted octanol–water partition coefficient (Wildman–Crippen LogP) is 0.321. The minimum atomic E-state index is 0.284. The van der Waals surface area contributed by atoms with Crippen LogP contribution in [-0.2, 0) is 6.54 Å². The minimum Gasteiger partial charge on any atom is -0.474 e. The van der Waals surface area contributed by atoms with Crippen molar-refractivity contribution in [3.05, 3.63) is 17.6 Å². The highest BCUT2D eigenvalue weighted by Gasteiger charge is 2.19. The lowest BCUT2D eigenvalue weighted by atomic mass is 10.1.